The summed E-state index contributed by atoms with van der Waals surface area (Å²) < 4.78 is 43.0. The molecule has 0 atom stereocenters. The summed E-state index contributed by atoms with van der Waals surface area (Å²) in [4.78, 5) is 40.9. The van der Waals surface area contributed by atoms with E-state index in [1.807, 2.05) is 6.07 Å². The number of hydrogen-bond donors (Lipinski definition) is 2. The number of carbonyl (C=O) groups is 3. The van der Waals surface area contributed by atoms with Crippen LogP contribution in [0.4, 0.5) is 19.4 Å². The SMILES string of the molecule is CCOC(=O)C1(F)CCN(Cc2ccnc(NC(=O)OC(C)(C)C)c2)CC1.CCOC(=O)C1(F)CCNCC1.Cl. The van der Waals surface area contributed by atoms with Crippen LogP contribution in [0.3, 0.4) is 0 Å². The van der Waals surface area contributed by atoms with E-state index in [1.54, 1.807) is 46.9 Å². The Hall–Kier alpha value is -2.57. The molecule has 228 valence electrons. The molecule has 0 unspecified atom stereocenters. The van der Waals surface area contributed by atoms with Crippen molar-refractivity contribution in [2.75, 3.05) is 44.7 Å². The van der Waals surface area contributed by atoms with E-state index in [0.717, 1.165) is 5.56 Å². The van der Waals surface area contributed by atoms with Crippen molar-refractivity contribution in [2.45, 2.75) is 83.8 Å². The van der Waals surface area contributed by atoms with Gasteiger partial charge in [0.25, 0.3) is 0 Å². The molecule has 13 heteroatoms. The molecule has 0 aromatic carbocycles. The molecule has 40 heavy (non-hydrogen) atoms. The van der Waals surface area contributed by atoms with E-state index in [2.05, 4.69) is 25.3 Å². The first-order valence-electron chi connectivity index (χ1n) is 13.4. The number of hydrogen-bond acceptors (Lipinski definition) is 9. The maximum atomic E-state index is 14.6. The molecule has 1 amide bonds. The molecular formula is C27H43ClF2N4O6. The highest BCUT2D eigenvalue weighted by molar-refractivity contribution is 5.85. The third kappa shape index (κ3) is 11.5. The van der Waals surface area contributed by atoms with E-state index in [9.17, 15) is 23.2 Å². The molecule has 2 N–H and O–H groups in total. The molecule has 1 aromatic heterocycles. The zero-order chi connectivity index (χ0) is 29.1. The van der Waals surface area contributed by atoms with Crippen LogP contribution < -0.4 is 10.6 Å². The summed E-state index contributed by atoms with van der Waals surface area (Å²) in [5.74, 6) is -1.07. The van der Waals surface area contributed by atoms with Crippen LogP contribution in [-0.2, 0) is 30.3 Å². The molecule has 0 saturated carbocycles. The molecule has 10 nitrogen and oxygen atoms in total. The van der Waals surface area contributed by atoms with Gasteiger partial charge in [-0.3, -0.25) is 10.2 Å². The third-order valence-corrected chi connectivity index (χ3v) is 6.19. The van der Waals surface area contributed by atoms with Gasteiger partial charge in [0, 0.05) is 51.5 Å². The smallest absolute Gasteiger partial charge is 0.413 e. The highest BCUT2D eigenvalue weighted by atomic mass is 35.5. The molecule has 0 spiro atoms. The summed E-state index contributed by atoms with van der Waals surface area (Å²) >= 11 is 0. The average Bonchev–Trinajstić information content (AvgIpc) is 2.86. The van der Waals surface area contributed by atoms with Gasteiger partial charge in [0.2, 0.25) is 11.3 Å². The van der Waals surface area contributed by atoms with Gasteiger partial charge in [0.15, 0.2) is 0 Å². The lowest BCUT2D eigenvalue weighted by molar-refractivity contribution is -0.161. The lowest BCUT2D eigenvalue weighted by atomic mass is 9.93. The number of rotatable bonds is 7. The Kier molecular flexibility index (Phi) is 14.2. The number of pyridine rings is 1. The van der Waals surface area contributed by atoms with E-state index < -0.39 is 35.0 Å². The van der Waals surface area contributed by atoms with E-state index in [-0.39, 0.29) is 51.3 Å². The molecule has 0 radical (unpaired) electrons. The first-order chi connectivity index (χ1) is 18.3. The standard InChI is InChI=1S/C19H28FN3O4.C8H14FNO2.ClH/c1-5-26-16(24)19(20)7-10-23(11-8-19)13-14-6-9-21-15(12-14)22-17(25)27-18(2,3)4;1-2-12-7(11)8(9)3-5-10-6-4-8;/h6,9,12H,5,7-8,10-11,13H2,1-4H3,(H,21,22,25);10H,2-6H2,1H3;1H. The van der Waals surface area contributed by atoms with Crippen LogP contribution in [0.1, 0.15) is 65.9 Å². The number of esters is 2. The number of alkyl halides is 2. The monoisotopic (exact) mass is 592 g/mol. The number of anilines is 1. The second kappa shape index (κ2) is 16.0. The van der Waals surface area contributed by atoms with Crippen molar-refractivity contribution in [2.24, 2.45) is 0 Å². The van der Waals surface area contributed by atoms with Gasteiger partial charge in [-0.2, -0.15) is 0 Å². The fourth-order valence-electron chi connectivity index (χ4n) is 4.13. The summed E-state index contributed by atoms with van der Waals surface area (Å²) in [6, 6.07) is 3.59. The maximum Gasteiger partial charge on any atom is 0.413 e. The quantitative estimate of drug-likeness (QED) is 0.351. The number of nitrogens with one attached hydrogen (secondary N) is 2. The number of nitrogens with zero attached hydrogens (tertiary/aromatic N) is 2. The van der Waals surface area contributed by atoms with Crippen LogP contribution in [0.25, 0.3) is 0 Å². The van der Waals surface area contributed by atoms with Crippen LogP contribution >= 0.6 is 12.4 Å². The van der Waals surface area contributed by atoms with Gasteiger partial charge in [-0.05, 0) is 65.4 Å². The molecule has 2 fully saturated rings. The van der Waals surface area contributed by atoms with E-state index in [0.29, 0.717) is 38.5 Å². The van der Waals surface area contributed by atoms with Gasteiger partial charge in [-0.1, -0.05) is 0 Å². The van der Waals surface area contributed by atoms with Gasteiger partial charge >= 0.3 is 18.0 Å². The molecule has 1 aromatic rings. The molecule has 0 bridgehead atoms. The maximum absolute atomic E-state index is 14.6. The summed E-state index contributed by atoms with van der Waals surface area (Å²) in [6.07, 6.45) is 1.71. The highest BCUT2D eigenvalue weighted by Crippen LogP contribution is 2.29. The highest BCUT2D eigenvalue weighted by Gasteiger charge is 2.43. The minimum Gasteiger partial charge on any atom is -0.464 e. The van der Waals surface area contributed by atoms with Crippen molar-refractivity contribution in [1.29, 1.82) is 0 Å². The molecule has 2 aliphatic rings. The average molecular weight is 593 g/mol. The van der Waals surface area contributed by atoms with Crippen molar-refractivity contribution < 1.29 is 37.4 Å². The van der Waals surface area contributed by atoms with Gasteiger partial charge in [-0.15, -0.1) is 12.4 Å². The van der Waals surface area contributed by atoms with Crippen LogP contribution in [0.5, 0.6) is 0 Å². The minimum absolute atomic E-state index is 0. The predicted octanol–water partition coefficient (Wildman–Crippen LogP) is 4.36. The van der Waals surface area contributed by atoms with Crippen molar-refractivity contribution in [3.8, 4) is 0 Å². The summed E-state index contributed by atoms with van der Waals surface area (Å²) in [6.45, 7) is 11.7. The predicted molar refractivity (Wildman–Crippen MR) is 149 cm³/mol. The second-order valence-corrected chi connectivity index (χ2v) is 10.6. The van der Waals surface area contributed by atoms with Crippen molar-refractivity contribution in [3.05, 3.63) is 23.9 Å². The Morgan fingerprint density at radius 3 is 2.02 bits per heavy atom. The van der Waals surface area contributed by atoms with Gasteiger partial charge in [0.05, 0.1) is 13.2 Å². The number of ether oxygens (including phenoxy) is 3. The zero-order valence-corrected chi connectivity index (χ0v) is 24.8. The fraction of sp³-hybridized carbons (Fsp3) is 0.704. The lowest BCUT2D eigenvalue weighted by Crippen LogP contribution is -2.46. The Balaban J connectivity index is 0.000000516. The number of likely N-dealkylation sites (tertiary alicyclic amines) is 1. The fourth-order valence-corrected chi connectivity index (χ4v) is 4.13. The van der Waals surface area contributed by atoms with Crippen LogP contribution in [0, 0.1) is 0 Å². The Labute approximate surface area is 241 Å². The van der Waals surface area contributed by atoms with Gasteiger partial charge in [0.1, 0.15) is 11.4 Å². The summed E-state index contributed by atoms with van der Waals surface area (Å²) in [5, 5.41) is 5.60. The van der Waals surface area contributed by atoms with Crippen molar-refractivity contribution in [3.63, 3.8) is 0 Å². The van der Waals surface area contributed by atoms with E-state index in [4.69, 9.17) is 9.47 Å². The largest absolute Gasteiger partial charge is 0.464 e. The molecule has 3 heterocycles. The van der Waals surface area contributed by atoms with Crippen molar-refractivity contribution in [1.82, 2.24) is 15.2 Å². The number of amides is 1. The Bertz CT molecular complexity index is 965. The van der Waals surface area contributed by atoms with Gasteiger partial charge < -0.3 is 19.5 Å². The minimum atomic E-state index is -1.89. The Morgan fingerprint density at radius 1 is 1.00 bits per heavy atom. The molecular weight excluding hydrogens is 550 g/mol. The lowest BCUT2D eigenvalue weighted by Gasteiger charge is -2.34. The first-order valence-corrected chi connectivity index (χ1v) is 13.4. The molecule has 0 aliphatic carbocycles. The Morgan fingerprint density at radius 2 is 1.52 bits per heavy atom. The molecule has 2 aliphatic heterocycles. The topological polar surface area (TPSA) is 119 Å². The van der Waals surface area contributed by atoms with E-state index >= 15 is 0 Å². The number of halogens is 3. The molecule has 2 saturated heterocycles. The summed E-state index contributed by atoms with van der Waals surface area (Å²) in [7, 11) is 0. The van der Waals surface area contributed by atoms with E-state index in [1.165, 1.54) is 0 Å². The third-order valence-electron chi connectivity index (χ3n) is 6.19. The molecule has 3 rings (SSSR count). The number of piperidine rings is 2. The van der Waals surface area contributed by atoms with Crippen LogP contribution in [0.15, 0.2) is 18.3 Å². The van der Waals surface area contributed by atoms with Crippen LogP contribution in [0.2, 0.25) is 0 Å². The first kappa shape index (κ1) is 35.5. The van der Waals surface area contributed by atoms with Crippen molar-refractivity contribution >= 4 is 36.3 Å². The normalized spacial score (nSPS) is 18.2. The second-order valence-electron chi connectivity index (χ2n) is 10.6. The number of aromatic nitrogens is 1. The van der Waals surface area contributed by atoms with Crippen LogP contribution in [-0.4, -0.2) is 84.2 Å². The number of carbonyl (C=O) groups excluding carboxylic acids is 3. The zero-order valence-electron chi connectivity index (χ0n) is 24.0. The summed E-state index contributed by atoms with van der Waals surface area (Å²) in [5.41, 5.74) is -3.29. The van der Waals surface area contributed by atoms with Gasteiger partial charge in [-0.25, -0.2) is 28.1 Å².